The minimum Gasteiger partial charge on any atom is -0.478 e. The summed E-state index contributed by atoms with van der Waals surface area (Å²) in [6.07, 6.45) is 0. The van der Waals surface area contributed by atoms with Crippen molar-refractivity contribution in [2.45, 2.75) is 12.6 Å². The van der Waals surface area contributed by atoms with Gasteiger partial charge in [-0.25, -0.2) is 13.6 Å². The number of carbonyl (C=O) groups is 2. The van der Waals surface area contributed by atoms with Gasteiger partial charge in [-0.15, -0.1) is 0 Å². The molecule has 34 heavy (non-hydrogen) atoms. The predicted molar refractivity (Wildman–Crippen MR) is 122 cm³/mol. The fourth-order valence-corrected chi connectivity index (χ4v) is 4.31. The molecule has 1 N–H and O–H groups in total. The molecule has 1 aromatic heterocycles. The van der Waals surface area contributed by atoms with Crippen LogP contribution in [-0.4, -0.2) is 40.0 Å². The van der Waals surface area contributed by atoms with E-state index in [0.29, 0.717) is 24.1 Å². The van der Waals surface area contributed by atoms with Crippen molar-refractivity contribution < 1.29 is 28.2 Å². The standard InChI is InChI=1S/C25H17ClF2N2O4/c26-19-3-1-2-15(10-27)22(19)24(31)30-21-9-13(16-11-34-12-16)4-7-18(21)23(29-30)17-6-5-14(25(32)33)8-20(17)28/h1-9,16H,10-12H2,(H,32,33). The number of rotatable bonds is 5. The van der Waals surface area contributed by atoms with Crippen LogP contribution in [0.2, 0.25) is 5.02 Å². The van der Waals surface area contributed by atoms with Crippen molar-refractivity contribution in [3.05, 3.63) is 87.7 Å². The molecule has 5 rings (SSSR count). The molecular formula is C25H17ClF2N2O4. The van der Waals surface area contributed by atoms with Gasteiger partial charge in [0.25, 0.3) is 5.91 Å². The van der Waals surface area contributed by atoms with Crippen LogP contribution in [0.1, 0.15) is 37.8 Å². The molecule has 2 heterocycles. The average molecular weight is 483 g/mol. The Hall–Kier alpha value is -3.62. The largest absolute Gasteiger partial charge is 0.478 e. The molecular weight excluding hydrogens is 466 g/mol. The van der Waals surface area contributed by atoms with Gasteiger partial charge in [0, 0.05) is 16.9 Å². The summed E-state index contributed by atoms with van der Waals surface area (Å²) in [6.45, 7) is 0.189. The number of nitrogens with zero attached hydrogens (tertiary/aromatic N) is 2. The highest BCUT2D eigenvalue weighted by molar-refractivity contribution is 6.34. The molecule has 1 aliphatic rings. The van der Waals surface area contributed by atoms with Gasteiger partial charge in [-0.1, -0.05) is 35.9 Å². The van der Waals surface area contributed by atoms with Gasteiger partial charge in [0.1, 0.15) is 18.2 Å². The zero-order chi connectivity index (χ0) is 24.0. The van der Waals surface area contributed by atoms with Crippen molar-refractivity contribution >= 4 is 34.4 Å². The normalized spacial score (nSPS) is 13.7. The number of fused-ring (bicyclic) bond motifs is 1. The maximum Gasteiger partial charge on any atom is 0.335 e. The number of ether oxygens (including phenoxy) is 1. The van der Waals surface area contributed by atoms with Gasteiger partial charge >= 0.3 is 5.97 Å². The van der Waals surface area contributed by atoms with Crippen LogP contribution in [0, 0.1) is 5.82 Å². The number of carboxylic acids is 1. The van der Waals surface area contributed by atoms with E-state index < -0.39 is 24.4 Å². The molecule has 0 aliphatic carbocycles. The molecule has 1 saturated heterocycles. The molecule has 9 heteroatoms. The molecule has 0 radical (unpaired) electrons. The van der Waals surface area contributed by atoms with E-state index in [1.54, 1.807) is 18.2 Å². The number of halogens is 3. The van der Waals surface area contributed by atoms with E-state index in [0.717, 1.165) is 16.3 Å². The minimum atomic E-state index is -1.26. The molecule has 4 aromatic rings. The van der Waals surface area contributed by atoms with E-state index in [2.05, 4.69) is 5.10 Å². The van der Waals surface area contributed by atoms with Gasteiger partial charge in [0.15, 0.2) is 0 Å². The molecule has 0 amide bonds. The lowest BCUT2D eigenvalue weighted by Crippen LogP contribution is -2.25. The Morgan fingerprint density at radius 2 is 1.94 bits per heavy atom. The van der Waals surface area contributed by atoms with E-state index >= 15 is 0 Å². The Balaban J connectivity index is 1.73. The third kappa shape index (κ3) is 3.65. The zero-order valence-corrected chi connectivity index (χ0v) is 18.4. The summed E-state index contributed by atoms with van der Waals surface area (Å²) in [5.41, 5.74) is 1.39. The molecule has 172 valence electrons. The third-order valence-corrected chi connectivity index (χ3v) is 6.25. The van der Waals surface area contributed by atoms with E-state index in [1.807, 2.05) is 6.07 Å². The summed E-state index contributed by atoms with van der Waals surface area (Å²) >= 11 is 6.25. The highest BCUT2D eigenvalue weighted by Gasteiger charge is 2.26. The molecule has 3 aromatic carbocycles. The lowest BCUT2D eigenvalue weighted by Gasteiger charge is -2.26. The summed E-state index contributed by atoms with van der Waals surface area (Å²) in [5, 5.41) is 14.1. The number of alkyl halides is 1. The van der Waals surface area contributed by atoms with Gasteiger partial charge in [-0.2, -0.15) is 9.78 Å². The maximum atomic E-state index is 14.9. The molecule has 0 bridgehead atoms. The van der Waals surface area contributed by atoms with Gasteiger partial charge in [-0.05, 0) is 41.5 Å². The summed E-state index contributed by atoms with van der Waals surface area (Å²) in [5.74, 6) is -2.56. The Bertz CT molecular complexity index is 1460. The van der Waals surface area contributed by atoms with E-state index in [1.165, 1.54) is 24.3 Å². The fourth-order valence-electron chi connectivity index (χ4n) is 4.03. The first-order chi connectivity index (χ1) is 16.4. The SMILES string of the molecule is O=C(O)c1ccc(-c2nn(C(=O)c3c(Cl)cccc3CF)c3cc(C4COC4)ccc23)c(F)c1. The number of hydrogen-bond acceptors (Lipinski definition) is 4. The summed E-state index contributed by atoms with van der Waals surface area (Å²) in [7, 11) is 0. The van der Waals surface area contributed by atoms with Gasteiger partial charge in [0.05, 0.1) is 34.9 Å². The lowest BCUT2D eigenvalue weighted by molar-refractivity contribution is 0.00847. The van der Waals surface area contributed by atoms with Crippen LogP contribution >= 0.6 is 11.6 Å². The Morgan fingerprint density at radius 1 is 1.15 bits per heavy atom. The molecule has 0 unspecified atom stereocenters. The number of benzene rings is 3. The molecule has 0 saturated carbocycles. The van der Waals surface area contributed by atoms with Crippen molar-refractivity contribution in [2.24, 2.45) is 0 Å². The van der Waals surface area contributed by atoms with Gasteiger partial charge < -0.3 is 9.84 Å². The molecule has 1 fully saturated rings. The average Bonchev–Trinajstić information content (AvgIpc) is 3.16. The topological polar surface area (TPSA) is 81.4 Å². The highest BCUT2D eigenvalue weighted by atomic mass is 35.5. The molecule has 0 spiro atoms. The quantitative estimate of drug-likeness (QED) is 0.408. The number of aromatic nitrogens is 2. The Morgan fingerprint density at radius 3 is 2.59 bits per heavy atom. The van der Waals surface area contributed by atoms with Gasteiger partial charge in [-0.3, -0.25) is 4.79 Å². The van der Waals surface area contributed by atoms with Crippen LogP contribution in [0.25, 0.3) is 22.2 Å². The minimum absolute atomic E-state index is 0.0262. The molecule has 1 aliphatic heterocycles. The van der Waals surface area contributed by atoms with Crippen LogP contribution in [0.5, 0.6) is 0 Å². The summed E-state index contributed by atoms with van der Waals surface area (Å²) < 4.78 is 34.9. The Kier molecular flexibility index (Phi) is 5.63. The summed E-state index contributed by atoms with van der Waals surface area (Å²) in [4.78, 5) is 24.8. The number of carboxylic acid groups (broad SMARTS) is 1. The highest BCUT2D eigenvalue weighted by Crippen LogP contribution is 2.35. The smallest absolute Gasteiger partial charge is 0.335 e. The Labute approximate surface area is 197 Å². The number of carbonyl (C=O) groups excluding carboxylic acids is 1. The van der Waals surface area contributed by atoms with Crippen LogP contribution in [0.15, 0.2) is 54.6 Å². The predicted octanol–water partition coefficient (Wildman–Crippen LogP) is 5.47. The fraction of sp³-hybridized carbons (Fsp3) is 0.160. The van der Waals surface area contributed by atoms with Crippen molar-refractivity contribution in [1.82, 2.24) is 9.78 Å². The second-order valence-corrected chi connectivity index (χ2v) is 8.39. The monoisotopic (exact) mass is 482 g/mol. The maximum absolute atomic E-state index is 14.9. The van der Waals surface area contributed by atoms with Crippen LogP contribution in [-0.2, 0) is 11.4 Å². The van der Waals surface area contributed by atoms with Crippen molar-refractivity contribution in [3.63, 3.8) is 0 Å². The third-order valence-electron chi connectivity index (χ3n) is 5.94. The first-order valence-electron chi connectivity index (χ1n) is 10.4. The number of aromatic carboxylic acids is 1. The first-order valence-corrected chi connectivity index (χ1v) is 10.8. The number of hydrogen-bond donors (Lipinski definition) is 1. The summed E-state index contributed by atoms with van der Waals surface area (Å²) in [6, 6.07) is 13.4. The van der Waals surface area contributed by atoms with E-state index in [-0.39, 0.29) is 38.9 Å². The van der Waals surface area contributed by atoms with Crippen molar-refractivity contribution in [1.29, 1.82) is 0 Å². The second-order valence-electron chi connectivity index (χ2n) is 7.98. The molecule has 0 atom stereocenters. The van der Waals surface area contributed by atoms with Crippen LogP contribution in [0.3, 0.4) is 0 Å². The van der Waals surface area contributed by atoms with E-state index in [9.17, 15) is 18.4 Å². The second kappa shape index (κ2) is 8.62. The lowest BCUT2D eigenvalue weighted by atomic mass is 9.95. The first kappa shape index (κ1) is 22.2. The molecule has 6 nitrogen and oxygen atoms in total. The van der Waals surface area contributed by atoms with Crippen molar-refractivity contribution in [3.8, 4) is 11.3 Å². The van der Waals surface area contributed by atoms with Crippen molar-refractivity contribution in [2.75, 3.05) is 13.2 Å². The van der Waals surface area contributed by atoms with Crippen LogP contribution in [0.4, 0.5) is 8.78 Å². The van der Waals surface area contributed by atoms with Gasteiger partial charge in [0.2, 0.25) is 0 Å². The zero-order valence-electron chi connectivity index (χ0n) is 17.6. The van der Waals surface area contributed by atoms with Crippen LogP contribution < -0.4 is 0 Å². The van der Waals surface area contributed by atoms with E-state index in [4.69, 9.17) is 21.4 Å².